The van der Waals surface area contributed by atoms with Crippen LogP contribution in [-0.2, 0) is 6.61 Å². The molecule has 0 amide bonds. The fourth-order valence-corrected chi connectivity index (χ4v) is 2.30. The molecule has 0 unspecified atom stereocenters. The van der Waals surface area contributed by atoms with E-state index in [0.717, 1.165) is 38.5 Å². The standard InChI is InChI=1S/C13H22N4O/c1-11(2)9-16-3-5-17(6-4-16)13-8-14-7-12(10-18)15-13/h7-8,11,18H,3-6,9-10H2,1-2H3. The van der Waals surface area contributed by atoms with Gasteiger partial charge in [-0.1, -0.05) is 13.8 Å². The van der Waals surface area contributed by atoms with E-state index in [9.17, 15) is 0 Å². The van der Waals surface area contributed by atoms with Gasteiger partial charge in [-0.25, -0.2) is 4.98 Å². The van der Waals surface area contributed by atoms with Gasteiger partial charge in [0.05, 0.1) is 24.7 Å². The summed E-state index contributed by atoms with van der Waals surface area (Å²) in [6.45, 7) is 9.73. The molecule has 0 aromatic carbocycles. The highest BCUT2D eigenvalue weighted by Gasteiger charge is 2.18. The highest BCUT2D eigenvalue weighted by molar-refractivity contribution is 5.36. The summed E-state index contributed by atoms with van der Waals surface area (Å²) < 4.78 is 0. The van der Waals surface area contributed by atoms with Crippen LogP contribution in [-0.4, -0.2) is 52.7 Å². The van der Waals surface area contributed by atoms with Gasteiger partial charge in [0.25, 0.3) is 0 Å². The molecule has 18 heavy (non-hydrogen) atoms. The predicted octanol–water partition coefficient (Wildman–Crippen LogP) is 0.747. The van der Waals surface area contributed by atoms with Gasteiger partial charge in [-0.05, 0) is 5.92 Å². The Kier molecular flexibility index (Phi) is 4.49. The molecule has 1 aromatic heterocycles. The minimum absolute atomic E-state index is 0.0475. The van der Waals surface area contributed by atoms with Crippen molar-refractivity contribution >= 4 is 5.82 Å². The lowest BCUT2D eigenvalue weighted by Gasteiger charge is -2.36. The van der Waals surface area contributed by atoms with E-state index in [4.69, 9.17) is 5.11 Å². The maximum absolute atomic E-state index is 9.07. The molecular weight excluding hydrogens is 228 g/mol. The van der Waals surface area contributed by atoms with E-state index in [-0.39, 0.29) is 6.61 Å². The number of rotatable bonds is 4. The van der Waals surface area contributed by atoms with Crippen molar-refractivity contribution in [2.45, 2.75) is 20.5 Å². The number of aromatic nitrogens is 2. The normalized spacial score (nSPS) is 17.4. The first-order valence-corrected chi connectivity index (χ1v) is 6.58. The van der Waals surface area contributed by atoms with Crippen molar-refractivity contribution in [1.82, 2.24) is 14.9 Å². The molecule has 0 spiro atoms. The van der Waals surface area contributed by atoms with Gasteiger partial charge in [0.1, 0.15) is 5.82 Å². The SMILES string of the molecule is CC(C)CN1CCN(c2cncc(CO)n2)CC1. The fraction of sp³-hybridized carbons (Fsp3) is 0.692. The molecule has 1 N–H and O–H groups in total. The van der Waals surface area contributed by atoms with Gasteiger partial charge in [-0.2, -0.15) is 0 Å². The molecule has 0 bridgehead atoms. The zero-order valence-electron chi connectivity index (χ0n) is 11.2. The van der Waals surface area contributed by atoms with Crippen LogP contribution in [0.25, 0.3) is 0 Å². The van der Waals surface area contributed by atoms with Gasteiger partial charge in [-0.15, -0.1) is 0 Å². The Hall–Kier alpha value is -1.20. The maximum atomic E-state index is 9.07. The lowest BCUT2D eigenvalue weighted by Crippen LogP contribution is -2.47. The van der Waals surface area contributed by atoms with Gasteiger partial charge in [0, 0.05) is 32.7 Å². The molecule has 0 aliphatic carbocycles. The van der Waals surface area contributed by atoms with E-state index < -0.39 is 0 Å². The molecule has 5 nitrogen and oxygen atoms in total. The molecule has 2 rings (SSSR count). The van der Waals surface area contributed by atoms with Gasteiger partial charge in [0.2, 0.25) is 0 Å². The Morgan fingerprint density at radius 2 is 1.94 bits per heavy atom. The summed E-state index contributed by atoms with van der Waals surface area (Å²) in [6.07, 6.45) is 3.38. The Morgan fingerprint density at radius 3 is 2.56 bits per heavy atom. The van der Waals surface area contributed by atoms with E-state index in [2.05, 4.69) is 33.6 Å². The molecule has 1 aliphatic rings. The maximum Gasteiger partial charge on any atom is 0.147 e. The van der Waals surface area contributed by atoms with E-state index in [0.29, 0.717) is 11.6 Å². The van der Waals surface area contributed by atoms with Crippen molar-refractivity contribution < 1.29 is 5.11 Å². The van der Waals surface area contributed by atoms with Crippen molar-refractivity contribution in [3.8, 4) is 0 Å². The number of aliphatic hydroxyl groups excluding tert-OH is 1. The van der Waals surface area contributed by atoms with E-state index in [1.54, 1.807) is 12.4 Å². The number of aliphatic hydroxyl groups is 1. The smallest absolute Gasteiger partial charge is 0.147 e. The van der Waals surface area contributed by atoms with Crippen LogP contribution < -0.4 is 4.90 Å². The Morgan fingerprint density at radius 1 is 1.22 bits per heavy atom. The van der Waals surface area contributed by atoms with E-state index in [1.165, 1.54) is 0 Å². The Balaban J connectivity index is 1.92. The second-order valence-corrected chi connectivity index (χ2v) is 5.21. The second-order valence-electron chi connectivity index (χ2n) is 5.21. The van der Waals surface area contributed by atoms with E-state index in [1.807, 2.05) is 0 Å². The molecule has 2 heterocycles. The largest absolute Gasteiger partial charge is 0.390 e. The number of piperazine rings is 1. The zero-order valence-corrected chi connectivity index (χ0v) is 11.2. The topological polar surface area (TPSA) is 52.5 Å². The lowest BCUT2D eigenvalue weighted by molar-refractivity contribution is 0.230. The van der Waals surface area contributed by atoms with Crippen LogP contribution in [0.15, 0.2) is 12.4 Å². The van der Waals surface area contributed by atoms with Crippen molar-refractivity contribution in [3.63, 3.8) is 0 Å². The van der Waals surface area contributed by atoms with Crippen LogP contribution in [0.3, 0.4) is 0 Å². The van der Waals surface area contributed by atoms with Gasteiger partial charge in [-0.3, -0.25) is 9.88 Å². The number of hydrogen-bond donors (Lipinski definition) is 1. The summed E-state index contributed by atoms with van der Waals surface area (Å²) in [6, 6.07) is 0. The van der Waals surface area contributed by atoms with Gasteiger partial charge >= 0.3 is 0 Å². The molecule has 5 heteroatoms. The minimum Gasteiger partial charge on any atom is -0.390 e. The third-order valence-corrected chi connectivity index (χ3v) is 3.15. The highest BCUT2D eigenvalue weighted by Crippen LogP contribution is 2.13. The molecule has 0 atom stereocenters. The molecule has 1 aromatic rings. The summed E-state index contributed by atoms with van der Waals surface area (Å²) in [7, 11) is 0. The van der Waals surface area contributed by atoms with Crippen LogP contribution in [0.2, 0.25) is 0 Å². The lowest BCUT2D eigenvalue weighted by atomic mass is 10.2. The average Bonchev–Trinajstić information content (AvgIpc) is 2.39. The highest BCUT2D eigenvalue weighted by atomic mass is 16.3. The molecule has 1 aliphatic heterocycles. The third kappa shape index (κ3) is 3.40. The predicted molar refractivity (Wildman–Crippen MR) is 71.4 cm³/mol. The molecule has 100 valence electrons. The van der Waals surface area contributed by atoms with Crippen LogP contribution in [0.4, 0.5) is 5.82 Å². The first-order chi connectivity index (χ1) is 8.69. The molecule has 0 saturated carbocycles. The second kappa shape index (κ2) is 6.11. The number of hydrogen-bond acceptors (Lipinski definition) is 5. The first-order valence-electron chi connectivity index (χ1n) is 6.58. The van der Waals surface area contributed by atoms with Crippen LogP contribution >= 0.6 is 0 Å². The van der Waals surface area contributed by atoms with Gasteiger partial charge < -0.3 is 10.0 Å². The summed E-state index contributed by atoms with van der Waals surface area (Å²) in [5, 5.41) is 9.07. The Bertz CT molecular complexity index is 375. The third-order valence-electron chi connectivity index (χ3n) is 3.15. The zero-order chi connectivity index (χ0) is 13.0. The summed E-state index contributed by atoms with van der Waals surface area (Å²) >= 11 is 0. The minimum atomic E-state index is -0.0475. The van der Waals surface area contributed by atoms with Crippen molar-refractivity contribution in [2.24, 2.45) is 5.92 Å². The quantitative estimate of drug-likeness (QED) is 0.854. The number of nitrogens with zero attached hydrogens (tertiary/aromatic N) is 4. The summed E-state index contributed by atoms with van der Waals surface area (Å²) in [5.74, 6) is 1.60. The van der Waals surface area contributed by atoms with Crippen LogP contribution in [0.1, 0.15) is 19.5 Å². The molecular formula is C13H22N4O. The fourth-order valence-electron chi connectivity index (χ4n) is 2.30. The first kappa shape index (κ1) is 13.2. The monoisotopic (exact) mass is 250 g/mol. The van der Waals surface area contributed by atoms with Crippen molar-refractivity contribution in [3.05, 3.63) is 18.1 Å². The summed E-state index contributed by atoms with van der Waals surface area (Å²) in [4.78, 5) is 13.2. The van der Waals surface area contributed by atoms with Gasteiger partial charge in [0.15, 0.2) is 0 Å². The van der Waals surface area contributed by atoms with Crippen LogP contribution in [0.5, 0.6) is 0 Å². The molecule has 1 saturated heterocycles. The summed E-state index contributed by atoms with van der Waals surface area (Å²) in [5.41, 5.74) is 0.636. The van der Waals surface area contributed by atoms with Crippen molar-refractivity contribution in [1.29, 1.82) is 0 Å². The van der Waals surface area contributed by atoms with Crippen molar-refractivity contribution in [2.75, 3.05) is 37.6 Å². The molecule has 0 radical (unpaired) electrons. The number of anilines is 1. The van der Waals surface area contributed by atoms with Crippen LogP contribution in [0, 0.1) is 5.92 Å². The van der Waals surface area contributed by atoms with E-state index >= 15 is 0 Å². The molecule has 1 fully saturated rings. The average molecular weight is 250 g/mol. The Labute approximate surface area is 108 Å².